The summed E-state index contributed by atoms with van der Waals surface area (Å²) in [4.78, 5) is 84.5. The number of unbranched alkanes of at least 4 members (excludes halogenated alkanes) is 1. The average molecular weight is 1420 g/mol. The normalized spacial score (nSPS) is 14.4. The first kappa shape index (κ1) is 94.2. The summed E-state index contributed by atoms with van der Waals surface area (Å²) in [6.07, 6.45) is 13.8. The summed E-state index contributed by atoms with van der Waals surface area (Å²) in [6.45, 7) is 44.6. The van der Waals surface area contributed by atoms with Crippen LogP contribution in [0.15, 0.2) is 212 Å². The van der Waals surface area contributed by atoms with Crippen molar-refractivity contribution >= 4 is 40.5 Å². The number of carbonyl (C=O) groups excluding carboxylic acids is 7. The Hall–Kier alpha value is -7.77. The molecule has 0 N–H and O–H groups in total. The molecule has 0 amide bonds. The SMILES string of the molecule is CC(=O)c1ccccc1.CCC(C)C(C(=O)c1ccccc1)C(C)C.CCC(C)C(C(=O)c1ccccc1)C(C)CC.CCC(C)C(C)C(=O)c1ccccc1.CCC(C)C(CC)C(=O)c1ccccc1.CCCC(C(=O)c1ccccc1)C(C)CC.CCCCC(C(=O)c1ccccc1)C(C)CC. The topological polar surface area (TPSA) is 119 Å². The minimum absolute atomic E-state index is 0.121. The minimum atomic E-state index is 0.121. The Kier molecular flexibility index (Phi) is 49.6. The molecule has 7 aromatic rings. The number of benzene rings is 7. The van der Waals surface area contributed by atoms with Crippen LogP contribution < -0.4 is 0 Å². The fourth-order valence-corrected chi connectivity index (χ4v) is 13.0. The molecule has 568 valence electrons. The van der Waals surface area contributed by atoms with E-state index in [1.807, 2.05) is 219 Å². The summed E-state index contributed by atoms with van der Waals surface area (Å²) >= 11 is 0. The van der Waals surface area contributed by atoms with Gasteiger partial charge in [-0.25, -0.2) is 0 Å². The van der Waals surface area contributed by atoms with Crippen LogP contribution in [0.5, 0.6) is 0 Å². The van der Waals surface area contributed by atoms with E-state index >= 15 is 0 Å². The standard InChI is InChI=1S/2C16H24O.2C15H22O.C14H20O.C13H18O.C8H8O/c1-5-12(3)15(13(4)6-2)16(17)14-10-8-7-9-11-14;1-4-6-12-15(13(3)5-2)16(17)14-10-8-7-9-11-14;1-5-12(4)14(11(2)3)15(16)13-9-7-6-8-10-13;1-4-9-14(12(3)5-2)15(16)13-10-7-6-8-11-13;1-4-11(3)13(5-2)14(15)12-9-7-6-8-10-12;1-4-10(2)11(3)13(14)12-8-6-5-7-9-12;1-7(9)8-5-3-2-4-6-8/h7-13,15H,5-6H2,1-4H3;7-11,13,15H,4-6,12H2,1-3H3;6-12,14H,5H2,1-4H3;6-8,10-12,14H,4-5,9H2,1-3H3;6-11,13H,4-5H2,1-3H3;5-11H,4H2,1-3H3;2-6H,1H3. The molecular weight excluding hydrogens is 1280 g/mol. The lowest BCUT2D eigenvalue weighted by Crippen LogP contribution is -2.28. The number of ketones is 7. The van der Waals surface area contributed by atoms with Gasteiger partial charge < -0.3 is 0 Å². The predicted octanol–water partition coefficient (Wildman–Crippen LogP) is 27.2. The van der Waals surface area contributed by atoms with Gasteiger partial charge in [-0.05, 0) is 73.5 Å². The van der Waals surface area contributed by atoms with Crippen LogP contribution in [-0.4, -0.2) is 40.5 Å². The number of rotatable bonds is 34. The molecule has 0 aliphatic heterocycles. The second-order valence-electron chi connectivity index (χ2n) is 29.2. The van der Waals surface area contributed by atoms with Gasteiger partial charge in [0.25, 0.3) is 0 Å². The van der Waals surface area contributed by atoms with E-state index in [4.69, 9.17) is 0 Å². The molecule has 104 heavy (non-hydrogen) atoms. The molecule has 0 fully saturated rings. The van der Waals surface area contributed by atoms with E-state index in [9.17, 15) is 33.6 Å². The summed E-state index contributed by atoms with van der Waals surface area (Å²) in [6, 6.07) is 67.1. The Labute approximate surface area is 633 Å². The van der Waals surface area contributed by atoms with Gasteiger partial charge >= 0.3 is 0 Å². The zero-order chi connectivity index (χ0) is 78.1. The first-order valence-corrected chi connectivity index (χ1v) is 39.9. The van der Waals surface area contributed by atoms with Crippen molar-refractivity contribution in [3.63, 3.8) is 0 Å². The van der Waals surface area contributed by atoms with Crippen molar-refractivity contribution in [1.82, 2.24) is 0 Å². The molecule has 0 spiro atoms. The van der Waals surface area contributed by atoms with E-state index in [1.54, 1.807) is 6.92 Å². The monoisotopic (exact) mass is 1420 g/mol. The van der Waals surface area contributed by atoms with Gasteiger partial charge in [0.2, 0.25) is 0 Å². The number of hydrogen-bond donors (Lipinski definition) is 0. The van der Waals surface area contributed by atoms with Crippen LogP contribution in [0.25, 0.3) is 0 Å². The quantitative estimate of drug-likeness (QED) is 0.0369. The lowest BCUT2D eigenvalue weighted by molar-refractivity contribution is 0.0808. The van der Waals surface area contributed by atoms with Gasteiger partial charge in [-0.1, -0.05) is 415 Å². The van der Waals surface area contributed by atoms with Crippen LogP contribution in [0.1, 0.15) is 301 Å². The van der Waals surface area contributed by atoms with E-state index in [0.29, 0.717) is 76.3 Å². The fraction of sp³-hybridized carbons (Fsp3) is 0.495. The molecule has 12 atom stereocenters. The highest BCUT2D eigenvalue weighted by Crippen LogP contribution is 2.32. The molecule has 0 saturated carbocycles. The molecular formula is C97H138O7. The van der Waals surface area contributed by atoms with E-state index in [0.717, 1.165) is 122 Å². The molecule has 7 heteroatoms. The van der Waals surface area contributed by atoms with Crippen molar-refractivity contribution in [2.45, 2.75) is 229 Å². The van der Waals surface area contributed by atoms with Gasteiger partial charge in [-0.2, -0.15) is 0 Å². The highest BCUT2D eigenvalue weighted by Gasteiger charge is 2.31. The van der Waals surface area contributed by atoms with Crippen LogP contribution in [0.2, 0.25) is 0 Å². The maximum atomic E-state index is 12.5. The Morgan fingerprint density at radius 2 is 0.481 bits per heavy atom. The lowest BCUT2D eigenvalue weighted by atomic mass is 9.76. The Balaban J connectivity index is 0.000000610. The van der Waals surface area contributed by atoms with Gasteiger partial charge in [-0.3, -0.25) is 33.6 Å². The van der Waals surface area contributed by atoms with Crippen molar-refractivity contribution < 1.29 is 33.6 Å². The number of carbonyl (C=O) groups is 7. The van der Waals surface area contributed by atoms with Crippen LogP contribution >= 0.6 is 0 Å². The van der Waals surface area contributed by atoms with Gasteiger partial charge in [0.1, 0.15) is 0 Å². The van der Waals surface area contributed by atoms with Gasteiger partial charge in [0, 0.05) is 74.5 Å². The average Bonchev–Trinajstić information content (AvgIpc) is 0.874. The molecule has 7 nitrogen and oxygen atoms in total. The third-order valence-electron chi connectivity index (χ3n) is 21.4. The van der Waals surface area contributed by atoms with E-state index < -0.39 is 0 Å². The van der Waals surface area contributed by atoms with Crippen LogP contribution in [0, 0.1) is 82.9 Å². The van der Waals surface area contributed by atoms with E-state index in [1.165, 1.54) is 0 Å². The number of Topliss-reactive ketones (excluding diaryl/α,β-unsaturated/α-hetero) is 7. The predicted molar refractivity (Wildman–Crippen MR) is 443 cm³/mol. The molecule has 7 rings (SSSR count). The molecule has 0 heterocycles. The van der Waals surface area contributed by atoms with Crippen molar-refractivity contribution in [3.8, 4) is 0 Å². The smallest absolute Gasteiger partial charge is 0.166 e. The summed E-state index contributed by atoms with van der Waals surface area (Å²) in [5.74, 6) is 6.60. The molecule has 0 saturated heterocycles. The Bertz CT molecular complexity index is 3370. The molecule has 0 aliphatic rings. The maximum Gasteiger partial charge on any atom is 0.166 e. The summed E-state index contributed by atoms with van der Waals surface area (Å²) < 4.78 is 0. The van der Waals surface area contributed by atoms with Crippen molar-refractivity contribution in [1.29, 1.82) is 0 Å². The zero-order valence-electron chi connectivity index (χ0n) is 68.3. The second-order valence-corrected chi connectivity index (χ2v) is 29.2. The van der Waals surface area contributed by atoms with Gasteiger partial charge in [0.15, 0.2) is 40.5 Å². The lowest BCUT2D eigenvalue weighted by Gasteiger charge is -2.27. The highest BCUT2D eigenvalue weighted by atomic mass is 16.1. The van der Waals surface area contributed by atoms with Gasteiger partial charge in [0.05, 0.1) is 0 Å². The first-order chi connectivity index (χ1) is 49.8. The zero-order valence-corrected chi connectivity index (χ0v) is 68.3. The van der Waals surface area contributed by atoms with Gasteiger partial charge in [-0.15, -0.1) is 0 Å². The molecule has 0 bridgehead atoms. The third kappa shape index (κ3) is 34.0. The summed E-state index contributed by atoms with van der Waals surface area (Å²) in [7, 11) is 0. The molecule has 0 aromatic heterocycles. The fourth-order valence-electron chi connectivity index (χ4n) is 13.0. The van der Waals surface area contributed by atoms with Crippen LogP contribution in [-0.2, 0) is 0 Å². The van der Waals surface area contributed by atoms with Crippen molar-refractivity contribution in [2.24, 2.45) is 82.9 Å². The molecule has 7 aromatic carbocycles. The van der Waals surface area contributed by atoms with Crippen LogP contribution in [0.4, 0.5) is 0 Å². The largest absolute Gasteiger partial charge is 0.295 e. The highest BCUT2D eigenvalue weighted by molar-refractivity contribution is 6.01. The Morgan fingerprint density at radius 1 is 0.240 bits per heavy atom. The summed E-state index contributed by atoms with van der Waals surface area (Å²) in [5.41, 5.74) is 5.90. The van der Waals surface area contributed by atoms with Crippen molar-refractivity contribution in [2.75, 3.05) is 0 Å². The second kappa shape index (κ2) is 54.8. The Morgan fingerprint density at radius 3 is 0.731 bits per heavy atom. The van der Waals surface area contributed by atoms with Crippen molar-refractivity contribution in [3.05, 3.63) is 251 Å². The maximum absolute atomic E-state index is 12.5. The number of hydrogen-bond acceptors (Lipinski definition) is 7. The summed E-state index contributed by atoms with van der Waals surface area (Å²) in [5, 5.41) is 0. The van der Waals surface area contributed by atoms with Crippen LogP contribution in [0.3, 0.4) is 0 Å². The minimum Gasteiger partial charge on any atom is -0.295 e. The van der Waals surface area contributed by atoms with E-state index in [2.05, 4.69) is 132 Å². The molecule has 0 radical (unpaired) electrons. The van der Waals surface area contributed by atoms with E-state index in [-0.39, 0.29) is 47.1 Å². The first-order valence-electron chi connectivity index (χ1n) is 39.9. The molecule has 0 aliphatic carbocycles. The third-order valence-corrected chi connectivity index (χ3v) is 21.4. The molecule has 12 unspecified atom stereocenters.